The zero-order valence-electron chi connectivity index (χ0n) is 12.6. The van der Waals surface area contributed by atoms with Crippen LogP contribution < -0.4 is 5.32 Å². The Labute approximate surface area is 125 Å². The highest BCUT2D eigenvalue weighted by molar-refractivity contribution is 5.97. The molecule has 0 aliphatic carbocycles. The number of piperidine rings is 1. The normalized spacial score (nSPS) is 18.8. The molecule has 0 saturated carbocycles. The van der Waals surface area contributed by atoms with Crippen molar-refractivity contribution in [2.75, 3.05) is 19.6 Å². The number of amides is 1. The molecule has 1 aliphatic rings. The molecule has 5 heteroatoms. The molecule has 2 rings (SSSR count). The molecule has 0 bridgehead atoms. The standard InChI is InChI=1S/C16H23FN2O2/c1-11(2)19(10-12-4-3-7-18-9-12)16(21)14-6-5-13(17)8-15(14)20/h5-6,8,11-12,18,20H,3-4,7,9-10H2,1-2H3. The van der Waals surface area contributed by atoms with Gasteiger partial charge in [0, 0.05) is 18.7 Å². The van der Waals surface area contributed by atoms with Gasteiger partial charge in [-0.2, -0.15) is 0 Å². The third kappa shape index (κ3) is 3.94. The third-order valence-corrected chi connectivity index (χ3v) is 3.93. The average molecular weight is 294 g/mol. The average Bonchev–Trinajstić information content (AvgIpc) is 2.45. The van der Waals surface area contributed by atoms with Gasteiger partial charge in [0.2, 0.25) is 0 Å². The number of rotatable bonds is 4. The Bertz CT molecular complexity index is 499. The van der Waals surface area contributed by atoms with Crippen LogP contribution in [0.5, 0.6) is 5.75 Å². The summed E-state index contributed by atoms with van der Waals surface area (Å²) < 4.78 is 13.1. The predicted molar refractivity (Wildman–Crippen MR) is 79.8 cm³/mol. The van der Waals surface area contributed by atoms with E-state index in [0.29, 0.717) is 12.5 Å². The summed E-state index contributed by atoms with van der Waals surface area (Å²) in [4.78, 5) is 14.4. The number of halogens is 1. The Hall–Kier alpha value is -1.62. The molecule has 21 heavy (non-hydrogen) atoms. The van der Waals surface area contributed by atoms with Crippen LogP contribution >= 0.6 is 0 Å². The van der Waals surface area contributed by atoms with Crippen LogP contribution in [0.3, 0.4) is 0 Å². The molecule has 0 aromatic heterocycles. The van der Waals surface area contributed by atoms with Gasteiger partial charge < -0.3 is 15.3 Å². The van der Waals surface area contributed by atoms with Crippen LogP contribution in [0.25, 0.3) is 0 Å². The van der Waals surface area contributed by atoms with Gasteiger partial charge in [-0.1, -0.05) is 0 Å². The van der Waals surface area contributed by atoms with E-state index in [-0.39, 0.29) is 23.3 Å². The van der Waals surface area contributed by atoms with Crippen molar-refractivity contribution in [2.24, 2.45) is 5.92 Å². The van der Waals surface area contributed by atoms with E-state index < -0.39 is 5.82 Å². The van der Waals surface area contributed by atoms with Gasteiger partial charge in [-0.05, 0) is 57.8 Å². The van der Waals surface area contributed by atoms with Gasteiger partial charge in [0.05, 0.1) is 5.56 Å². The molecule has 1 amide bonds. The third-order valence-electron chi connectivity index (χ3n) is 3.93. The Morgan fingerprint density at radius 2 is 2.29 bits per heavy atom. The van der Waals surface area contributed by atoms with Crippen LogP contribution in [0.4, 0.5) is 4.39 Å². The number of phenols is 1. The Morgan fingerprint density at radius 3 is 2.86 bits per heavy atom. The zero-order chi connectivity index (χ0) is 15.4. The van der Waals surface area contributed by atoms with Crippen LogP contribution in [-0.2, 0) is 0 Å². The summed E-state index contributed by atoms with van der Waals surface area (Å²) in [6.45, 7) is 6.50. The molecule has 1 aliphatic heterocycles. The predicted octanol–water partition coefficient (Wildman–Crippen LogP) is 2.38. The largest absolute Gasteiger partial charge is 0.507 e. The van der Waals surface area contributed by atoms with Gasteiger partial charge in [0.1, 0.15) is 11.6 Å². The highest BCUT2D eigenvalue weighted by atomic mass is 19.1. The number of carbonyl (C=O) groups is 1. The summed E-state index contributed by atoms with van der Waals surface area (Å²) in [7, 11) is 0. The lowest BCUT2D eigenvalue weighted by Crippen LogP contribution is -2.44. The molecule has 1 aromatic rings. The van der Waals surface area contributed by atoms with E-state index in [1.807, 2.05) is 13.8 Å². The van der Waals surface area contributed by atoms with E-state index >= 15 is 0 Å². The van der Waals surface area contributed by atoms with Crippen molar-refractivity contribution in [3.63, 3.8) is 0 Å². The molecule has 0 spiro atoms. The van der Waals surface area contributed by atoms with Crippen LogP contribution in [0.15, 0.2) is 18.2 Å². The van der Waals surface area contributed by atoms with E-state index in [2.05, 4.69) is 5.32 Å². The summed E-state index contributed by atoms with van der Waals surface area (Å²) in [6.07, 6.45) is 2.21. The molecule has 2 N–H and O–H groups in total. The molecule has 1 saturated heterocycles. The van der Waals surface area contributed by atoms with Gasteiger partial charge in [0.25, 0.3) is 5.91 Å². The van der Waals surface area contributed by atoms with E-state index in [1.54, 1.807) is 4.90 Å². The van der Waals surface area contributed by atoms with E-state index in [4.69, 9.17) is 0 Å². The van der Waals surface area contributed by atoms with Crippen molar-refractivity contribution in [2.45, 2.75) is 32.7 Å². The summed E-state index contributed by atoms with van der Waals surface area (Å²) in [6, 6.07) is 3.56. The minimum absolute atomic E-state index is 0.0314. The van der Waals surface area contributed by atoms with Crippen LogP contribution in [0.2, 0.25) is 0 Å². The number of nitrogens with one attached hydrogen (secondary N) is 1. The highest BCUT2D eigenvalue weighted by Gasteiger charge is 2.25. The zero-order valence-corrected chi connectivity index (χ0v) is 12.6. The Kier molecular flexibility index (Phi) is 5.17. The van der Waals surface area contributed by atoms with Crippen LogP contribution in [0, 0.1) is 11.7 Å². The van der Waals surface area contributed by atoms with Crippen molar-refractivity contribution in [3.05, 3.63) is 29.6 Å². The quantitative estimate of drug-likeness (QED) is 0.896. The van der Waals surface area contributed by atoms with Crippen LogP contribution in [-0.4, -0.2) is 41.6 Å². The summed E-state index contributed by atoms with van der Waals surface area (Å²) in [5.74, 6) is -0.662. The molecule has 1 aromatic carbocycles. The lowest BCUT2D eigenvalue weighted by molar-refractivity contribution is 0.0658. The van der Waals surface area contributed by atoms with Crippen LogP contribution in [0.1, 0.15) is 37.0 Å². The molecule has 116 valence electrons. The summed E-state index contributed by atoms with van der Waals surface area (Å²) in [5.41, 5.74) is 0.161. The first kappa shape index (κ1) is 15.8. The Morgan fingerprint density at radius 1 is 1.52 bits per heavy atom. The number of hydrogen-bond acceptors (Lipinski definition) is 3. The molecule has 0 radical (unpaired) electrons. The number of phenolic OH excluding ortho intramolecular Hbond substituents is 1. The van der Waals surface area contributed by atoms with Gasteiger partial charge in [0.15, 0.2) is 0 Å². The SMILES string of the molecule is CC(C)N(CC1CCCNC1)C(=O)c1ccc(F)cc1O. The van der Waals surface area contributed by atoms with Crippen molar-refractivity contribution in [3.8, 4) is 5.75 Å². The van der Waals surface area contributed by atoms with Gasteiger partial charge in [-0.3, -0.25) is 4.79 Å². The van der Waals surface area contributed by atoms with E-state index in [0.717, 1.165) is 32.0 Å². The second-order valence-corrected chi connectivity index (χ2v) is 5.93. The van der Waals surface area contributed by atoms with Crippen molar-refractivity contribution in [1.29, 1.82) is 0 Å². The lowest BCUT2D eigenvalue weighted by atomic mass is 9.98. The number of nitrogens with zero attached hydrogens (tertiary/aromatic N) is 1. The topological polar surface area (TPSA) is 52.6 Å². The minimum Gasteiger partial charge on any atom is -0.507 e. The molecule has 1 fully saturated rings. The summed E-state index contributed by atoms with van der Waals surface area (Å²) >= 11 is 0. The second-order valence-electron chi connectivity index (χ2n) is 5.93. The lowest BCUT2D eigenvalue weighted by Gasteiger charge is -2.33. The summed E-state index contributed by atoms with van der Waals surface area (Å²) in [5, 5.41) is 13.1. The smallest absolute Gasteiger partial charge is 0.257 e. The fourth-order valence-corrected chi connectivity index (χ4v) is 2.73. The first-order valence-electron chi connectivity index (χ1n) is 7.49. The Balaban J connectivity index is 2.14. The molecule has 1 heterocycles. The van der Waals surface area contributed by atoms with Crippen molar-refractivity contribution in [1.82, 2.24) is 10.2 Å². The van der Waals surface area contributed by atoms with Gasteiger partial charge in [-0.15, -0.1) is 0 Å². The fraction of sp³-hybridized carbons (Fsp3) is 0.562. The maximum absolute atomic E-state index is 13.1. The number of aromatic hydroxyl groups is 1. The van der Waals surface area contributed by atoms with E-state index in [1.165, 1.54) is 12.1 Å². The van der Waals surface area contributed by atoms with Crippen molar-refractivity contribution >= 4 is 5.91 Å². The number of hydrogen-bond donors (Lipinski definition) is 2. The first-order chi connectivity index (χ1) is 9.99. The highest BCUT2D eigenvalue weighted by Crippen LogP contribution is 2.22. The minimum atomic E-state index is -0.545. The fourth-order valence-electron chi connectivity index (χ4n) is 2.73. The maximum Gasteiger partial charge on any atom is 0.257 e. The first-order valence-corrected chi connectivity index (χ1v) is 7.49. The van der Waals surface area contributed by atoms with E-state index in [9.17, 15) is 14.3 Å². The number of benzene rings is 1. The van der Waals surface area contributed by atoms with Crippen molar-refractivity contribution < 1.29 is 14.3 Å². The molecule has 1 unspecified atom stereocenters. The van der Waals surface area contributed by atoms with Gasteiger partial charge >= 0.3 is 0 Å². The number of carbonyl (C=O) groups excluding carboxylic acids is 1. The monoisotopic (exact) mass is 294 g/mol. The molecular formula is C16H23FN2O2. The molecule has 1 atom stereocenters. The van der Waals surface area contributed by atoms with Gasteiger partial charge in [-0.25, -0.2) is 4.39 Å². The molecular weight excluding hydrogens is 271 g/mol. The maximum atomic E-state index is 13.1. The second kappa shape index (κ2) is 6.89. The molecule has 4 nitrogen and oxygen atoms in total.